The first-order valence-electron chi connectivity index (χ1n) is 10.4. The summed E-state index contributed by atoms with van der Waals surface area (Å²) in [6.07, 6.45) is 0. The molecular formula is C22H20N2Na2O11S3. The van der Waals surface area contributed by atoms with Gasteiger partial charge in [0, 0.05) is 22.4 Å². The molecule has 0 amide bonds. The normalized spacial score (nSPS) is 12.9. The minimum atomic E-state index is -4.84. The predicted molar refractivity (Wildman–Crippen MR) is 146 cm³/mol. The molecule has 13 nitrogen and oxygen atoms in total. The average molecular weight is 631 g/mol. The van der Waals surface area contributed by atoms with Gasteiger partial charge >= 0.3 is 79.6 Å². The maximum atomic E-state index is 13.3. The fourth-order valence-electron chi connectivity index (χ4n) is 3.79. The van der Waals surface area contributed by atoms with E-state index in [1.165, 1.54) is 30.3 Å². The Balaban J connectivity index is 0.00000280. The van der Waals surface area contributed by atoms with Gasteiger partial charge in [-0.25, -0.2) is 12.6 Å². The Morgan fingerprint density at radius 1 is 0.775 bits per heavy atom. The molecule has 3 aromatic carbocycles. The number of nitrogens with one attached hydrogen (secondary N) is 1. The Bertz CT molecular complexity index is 1810. The van der Waals surface area contributed by atoms with Crippen LogP contribution >= 0.6 is 0 Å². The molecule has 0 saturated heterocycles. The number of fused-ring (bicyclic) bond motifs is 2. The van der Waals surface area contributed by atoms with Crippen molar-refractivity contribution in [2.75, 3.05) is 17.7 Å². The molecule has 0 atom stereocenters. The van der Waals surface area contributed by atoms with Crippen LogP contribution in [0.1, 0.15) is 31.8 Å². The number of sulfone groups is 1. The van der Waals surface area contributed by atoms with E-state index in [4.69, 9.17) is 10.4 Å². The monoisotopic (exact) mass is 630 g/mol. The van der Waals surface area contributed by atoms with E-state index in [1.54, 1.807) is 12.1 Å². The fraction of sp³-hybridized carbons (Fsp3) is 0.0909. The van der Waals surface area contributed by atoms with Crippen molar-refractivity contribution in [2.45, 2.75) is 9.79 Å². The van der Waals surface area contributed by atoms with E-state index in [0.717, 1.165) is 18.2 Å². The summed E-state index contributed by atoms with van der Waals surface area (Å²) in [5.74, 6) is 2.90. The van der Waals surface area contributed by atoms with Crippen LogP contribution in [-0.4, -0.2) is 113 Å². The summed E-state index contributed by atoms with van der Waals surface area (Å²) in [5, 5.41) is 2.78. The van der Waals surface area contributed by atoms with E-state index < -0.39 is 59.2 Å². The second-order valence-electron chi connectivity index (χ2n) is 7.87. The molecule has 0 heterocycles. The van der Waals surface area contributed by atoms with Crippen molar-refractivity contribution in [1.82, 2.24) is 0 Å². The van der Waals surface area contributed by atoms with E-state index in [1.807, 2.05) is 0 Å². The molecule has 0 fully saturated rings. The Labute approximate surface area is 274 Å². The van der Waals surface area contributed by atoms with Crippen LogP contribution in [0.5, 0.6) is 0 Å². The molecule has 4 N–H and O–H groups in total. The SMILES string of the molecule is NOS(=O)(=O)c1cc(Nc2cccc(S(=O)(=O)CCOS(=O)(=O)O)c2)c2c(c1)C(=O)c1ccccc1C2=O.[NaH].[NaH]. The number of nitrogens with two attached hydrogens (primary N) is 1. The molecule has 0 aliphatic heterocycles. The van der Waals surface area contributed by atoms with Crippen LogP contribution < -0.4 is 11.2 Å². The number of hydrogen-bond acceptors (Lipinski definition) is 12. The van der Waals surface area contributed by atoms with Crippen LogP contribution in [0.4, 0.5) is 11.4 Å². The summed E-state index contributed by atoms with van der Waals surface area (Å²) in [6, 6.07) is 13.0. The third-order valence-corrected chi connectivity index (χ3v) is 8.68. The summed E-state index contributed by atoms with van der Waals surface area (Å²) >= 11 is 0. The molecule has 0 spiro atoms. The number of carbonyl (C=O) groups excluding carboxylic acids is 2. The first kappa shape index (κ1) is 34.7. The first-order valence-corrected chi connectivity index (χ1v) is 14.9. The molecule has 1 aliphatic carbocycles. The first-order chi connectivity index (χ1) is 17.7. The van der Waals surface area contributed by atoms with Gasteiger partial charge in [0.15, 0.2) is 21.4 Å². The van der Waals surface area contributed by atoms with Crippen LogP contribution in [0.15, 0.2) is 70.5 Å². The Morgan fingerprint density at radius 3 is 2.00 bits per heavy atom. The van der Waals surface area contributed by atoms with Crippen LogP contribution in [0, 0.1) is 0 Å². The number of carbonyl (C=O) groups is 2. The van der Waals surface area contributed by atoms with E-state index in [2.05, 4.69) is 13.8 Å². The van der Waals surface area contributed by atoms with Gasteiger partial charge in [0.1, 0.15) is 0 Å². The van der Waals surface area contributed by atoms with Crippen molar-refractivity contribution < 1.29 is 47.9 Å². The topological polar surface area (TPSA) is 213 Å². The number of hydrogen-bond donors (Lipinski definition) is 3. The van der Waals surface area contributed by atoms with Gasteiger partial charge in [-0.15, -0.1) is 0 Å². The molecule has 0 saturated carbocycles. The zero-order chi connectivity index (χ0) is 27.9. The second kappa shape index (κ2) is 13.2. The predicted octanol–water partition coefficient (Wildman–Crippen LogP) is 0.0807. The van der Waals surface area contributed by atoms with E-state index >= 15 is 0 Å². The number of ketones is 2. The Kier molecular flexibility index (Phi) is 11.4. The molecule has 0 aromatic heterocycles. The Hall–Kier alpha value is -1.51. The zero-order valence-electron chi connectivity index (χ0n) is 19.0. The minimum absolute atomic E-state index is 0. The van der Waals surface area contributed by atoms with Gasteiger partial charge in [-0.2, -0.15) is 27.0 Å². The molecule has 1 aliphatic rings. The fourth-order valence-corrected chi connectivity index (χ4v) is 5.95. The van der Waals surface area contributed by atoms with Gasteiger partial charge < -0.3 is 5.32 Å². The van der Waals surface area contributed by atoms with Gasteiger partial charge in [0.2, 0.25) is 0 Å². The van der Waals surface area contributed by atoms with E-state index in [-0.39, 0.29) is 97.6 Å². The number of rotatable bonds is 9. The summed E-state index contributed by atoms with van der Waals surface area (Å²) in [6.45, 7) is -0.846. The van der Waals surface area contributed by atoms with Crippen LogP contribution in [0.3, 0.4) is 0 Å². The molecule has 0 radical (unpaired) electrons. The zero-order valence-corrected chi connectivity index (χ0v) is 21.5. The summed E-state index contributed by atoms with van der Waals surface area (Å²) in [5.41, 5.74) is -0.297. The molecule has 18 heteroatoms. The van der Waals surface area contributed by atoms with Crippen molar-refractivity contribution in [1.29, 1.82) is 0 Å². The van der Waals surface area contributed by atoms with Crippen LogP contribution in [-0.2, 0) is 38.8 Å². The van der Waals surface area contributed by atoms with E-state index in [9.17, 15) is 34.8 Å². The molecular weight excluding hydrogens is 610 g/mol. The molecule has 0 bridgehead atoms. The van der Waals surface area contributed by atoms with Gasteiger partial charge in [-0.3, -0.25) is 14.1 Å². The standard InChI is InChI=1S/C22H18N2O11S3.2Na.2H/c23-35-37(29,30)15-11-18-20(22(26)17-7-2-1-6-16(17)21(18)25)19(12-15)24-13-4-3-5-14(10-13)36(27,28)9-8-34-38(31,32)33;;;;/h1-7,10-12,24H,8-9,23H2,(H,31,32,33);;;;. The number of benzene rings is 3. The van der Waals surface area contributed by atoms with Crippen molar-refractivity contribution in [3.05, 3.63) is 82.9 Å². The van der Waals surface area contributed by atoms with Gasteiger partial charge in [0.05, 0.1) is 33.4 Å². The molecule has 40 heavy (non-hydrogen) atoms. The van der Waals surface area contributed by atoms with Gasteiger partial charge in [-0.05, 0) is 30.3 Å². The molecule has 0 unspecified atom stereocenters. The molecule has 4 rings (SSSR count). The van der Waals surface area contributed by atoms with E-state index in [0.29, 0.717) is 0 Å². The van der Waals surface area contributed by atoms with Gasteiger partial charge in [0.25, 0.3) is 0 Å². The molecule has 3 aromatic rings. The molecule has 204 valence electrons. The van der Waals surface area contributed by atoms with Crippen molar-refractivity contribution in [3.63, 3.8) is 0 Å². The maximum absolute atomic E-state index is 13.3. The average Bonchev–Trinajstić information content (AvgIpc) is 2.86. The third kappa shape index (κ3) is 7.46. The van der Waals surface area contributed by atoms with Gasteiger partial charge in [-0.1, -0.05) is 30.3 Å². The number of anilines is 2. The Morgan fingerprint density at radius 2 is 1.40 bits per heavy atom. The van der Waals surface area contributed by atoms with Crippen molar-refractivity contribution in [2.24, 2.45) is 5.90 Å². The second-order valence-corrected chi connectivity index (χ2v) is 12.6. The summed E-state index contributed by atoms with van der Waals surface area (Å²) in [4.78, 5) is 25.7. The third-order valence-electron chi connectivity index (χ3n) is 5.47. The summed E-state index contributed by atoms with van der Waals surface area (Å²) in [7, 11) is -13.5. The van der Waals surface area contributed by atoms with Crippen molar-refractivity contribution in [3.8, 4) is 0 Å². The van der Waals surface area contributed by atoms with Crippen LogP contribution in [0.25, 0.3) is 0 Å². The quantitative estimate of drug-likeness (QED) is 0.127. The van der Waals surface area contributed by atoms with Crippen molar-refractivity contribution >= 4 is 112 Å². The van der Waals surface area contributed by atoms with Crippen LogP contribution in [0.2, 0.25) is 0 Å². The summed E-state index contributed by atoms with van der Waals surface area (Å²) < 4.78 is 88.1.